The van der Waals surface area contributed by atoms with Crippen LogP contribution in [-0.4, -0.2) is 28.9 Å². The molecule has 1 aliphatic rings. The van der Waals surface area contributed by atoms with Gasteiger partial charge in [0.05, 0.1) is 0 Å². The normalized spacial score (nSPS) is 16.5. The van der Waals surface area contributed by atoms with Crippen molar-refractivity contribution in [3.63, 3.8) is 0 Å². The molecule has 0 atom stereocenters. The second kappa shape index (κ2) is 6.02. The number of carboxylic acids is 1. The minimum atomic E-state index is -1.16. The summed E-state index contributed by atoms with van der Waals surface area (Å²) in [5.74, 6) is -0.536. The van der Waals surface area contributed by atoms with Crippen LogP contribution in [0.3, 0.4) is 0 Å². The summed E-state index contributed by atoms with van der Waals surface area (Å²) in [6, 6.07) is 1.40. The molecule has 1 aliphatic heterocycles. The minimum Gasteiger partial charge on any atom is -0.477 e. The number of ether oxygens (including phenoxy) is 1. The second-order valence-corrected chi connectivity index (χ2v) is 5.04. The predicted octanol–water partition coefficient (Wildman–Crippen LogP) is 1.67. The lowest BCUT2D eigenvalue weighted by molar-refractivity contribution is 0.0625. The van der Waals surface area contributed by atoms with E-state index >= 15 is 0 Å². The lowest BCUT2D eigenvalue weighted by Gasteiger charge is -2.23. The first-order chi connectivity index (χ1) is 9.08. The molecule has 1 aromatic heterocycles. The number of aromatic carboxylic acids is 1. The van der Waals surface area contributed by atoms with Crippen LogP contribution in [0.5, 0.6) is 0 Å². The summed E-state index contributed by atoms with van der Waals surface area (Å²) in [4.78, 5) is 22.5. The third kappa shape index (κ3) is 3.44. The molecule has 0 unspecified atom stereocenters. The zero-order valence-electron chi connectivity index (χ0n) is 11.1. The molecule has 1 aromatic rings. The molecule has 0 spiro atoms. The number of aromatic nitrogens is 1. The van der Waals surface area contributed by atoms with Crippen LogP contribution in [0.15, 0.2) is 17.1 Å². The van der Waals surface area contributed by atoms with E-state index in [0.29, 0.717) is 5.92 Å². The Morgan fingerprint density at radius 2 is 2.16 bits per heavy atom. The summed E-state index contributed by atoms with van der Waals surface area (Å²) in [6.45, 7) is 4.20. The van der Waals surface area contributed by atoms with Gasteiger partial charge in [0.15, 0.2) is 5.43 Å². The summed E-state index contributed by atoms with van der Waals surface area (Å²) < 4.78 is 7.18. The van der Waals surface area contributed by atoms with Gasteiger partial charge in [-0.15, -0.1) is 0 Å². The van der Waals surface area contributed by atoms with E-state index in [4.69, 9.17) is 9.84 Å². The molecule has 1 saturated heterocycles. The molecule has 0 amide bonds. The van der Waals surface area contributed by atoms with Crippen molar-refractivity contribution in [1.82, 2.24) is 4.57 Å². The largest absolute Gasteiger partial charge is 0.477 e. The van der Waals surface area contributed by atoms with Crippen molar-refractivity contribution in [2.45, 2.75) is 32.7 Å². The van der Waals surface area contributed by atoms with Gasteiger partial charge in [0.2, 0.25) is 0 Å². The lowest BCUT2D eigenvalue weighted by Crippen LogP contribution is -2.21. The van der Waals surface area contributed by atoms with Crippen molar-refractivity contribution < 1.29 is 14.6 Å². The topological polar surface area (TPSA) is 68.5 Å². The van der Waals surface area contributed by atoms with Crippen molar-refractivity contribution in [3.8, 4) is 0 Å². The third-order valence-corrected chi connectivity index (χ3v) is 3.69. The molecule has 0 radical (unpaired) electrons. The quantitative estimate of drug-likeness (QED) is 0.899. The van der Waals surface area contributed by atoms with E-state index in [1.807, 2.05) is 11.5 Å². The molecule has 2 heterocycles. The summed E-state index contributed by atoms with van der Waals surface area (Å²) in [7, 11) is 0. The van der Waals surface area contributed by atoms with E-state index in [1.165, 1.54) is 12.3 Å². The highest BCUT2D eigenvalue weighted by Gasteiger charge is 2.15. The summed E-state index contributed by atoms with van der Waals surface area (Å²) in [5, 5.41) is 8.97. The molecule has 5 heteroatoms. The number of rotatable bonds is 4. The van der Waals surface area contributed by atoms with Gasteiger partial charge in [-0.1, -0.05) is 0 Å². The Bertz CT molecular complexity index is 515. The smallest absolute Gasteiger partial charge is 0.341 e. The van der Waals surface area contributed by atoms with Gasteiger partial charge in [0.25, 0.3) is 0 Å². The zero-order chi connectivity index (χ0) is 13.8. The van der Waals surface area contributed by atoms with Crippen molar-refractivity contribution in [2.24, 2.45) is 5.92 Å². The zero-order valence-corrected chi connectivity index (χ0v) is 11.1. The number of hydrogen-bond acceptors (Lipinski definition) is 3. The summed E-state index contributed by atoms with van der Waals surface area (Å²) in [5.41, 5.74) is 0.229. The Morgan fingerprint density at radius 3 is 2.79 bits per heavy atom. The molecule has 1 fully saturated rings. The van der Waals surface area contributed by atoms with Crippen molar-refractivity contribution in [3.05, 3.63) is 33.7 Å². The molecule has 19 heavy (non-hydrogen) atoms. The van der Waals surface area contributed by atoms with E-state index in [9.17, 15) is 9.59 Å². The van der Waals surface area contributed by atoms with E-state index in [-0.39, 0.29) is 5.56 Å². The highest BCUT2D eigenvalue weighted by Crippen LogP contribution is 2.19. The first kappa shape index (κ1) is 13.8. The van der Waals surface area contributed by atoms with Crippen molar-refractivity contribution in [1.29, 1.82) is 0 Å². The minimum absolute atomic E-state index is 0.155. The van der Waals surface area contributed by atoms with Crippen LogP contribution < -0.4 is 5.43 Å². The number of nitrogens with zero attached hydrogens (tertiary/aromatic N) is 1. The maximum absolute atomic E-state index is 11.5. The average molecular weight is 265 g/mol. The fraction of sp³-hybridized carbons (Fsp3) is 0.571. The standard InChI is InChI=1S/C14H19NO4/c1-10-8-13(16)12(14(17)18)9-15(10)5-2-11-3-6-19-7-4-11/h8-9,11H,2-7H2,1H3,(H,17,18). The van der Waals surface area contributed by atoms with Crippen LogP contribution in [0, 0.1) is 12.8 Å². The molecular weight excluding hydrogens is 246 g/mol. The van der Waals surface area contributed by atoms with Crippen LogP contribution in [-0.2, 0) is 11.3 Å². The maximum Gasteiger partial charge on any atom is 0.341 e. The van der Waals surface area contributed by atoms with Gasteiger partial charge in [-0.05, 0) is 32.1 Å². The van der Waals surface area contributed by atoms with Crippen LogP contribution in [0.25, 0.3) is 0 Å². The van der Waals surface area contributed by atoms with Gasteiger partial charge >= 0.3 is 5.97 Å². The molecule has 0 aromatic carbocycles. The Labute approximate surface area is 111 Å². The first-order valence-electron chi connectivity index (χ1n) is 6.60. The van der Waals surface area contributed by atoms with E-state index < -0.39 is 11.4 Å². The molecular formula is C14H19NO4. The Kier molecular flexibility index (Phi) is 4.37. The van der Waals surface area contributed by atoms with Gasteiger partial charge in [0, 0.05) is 37.7 Å². The van der Waals surface area contributed by atoms with Crippen LogP contribution in [0.1, 0.15) is 35.3 Å². The molecule has 0 aliphatic carbocycles. The highest BCUT2D eigenvalue weighted by molar-refractivity contribution is 5.87. The van der Waals surface area contributed by atoms with Crippen LogP contribution in [0.4, 0.5) is 0 Å². The lowest BCUT2D eigenvalue weighted by atomic mass is 9.96. The molecule has 2 rings (SSSR count). The van der Waals surface area contributed by atoms with E-state index in [0.717, 1.165) is 44.7 Å². The van der Waals surface area contributed by atoms with Gasteiger partial charge in [-0.2, -0.15) is 0 Å². The van der Waals surface area contributed by atoms with E-state index in [1.54, 1.807) is 0 Å². The monoisotopic (exact) mass is 265 g/mol. The fourth-order valence-corrected chi connectivity index (χ4v) is 2.43. The maximum atomic E-state index is 11.5. The molecule has 5 nitrogen and oxygen atoms in total. The average Bonchev–Trinajstić information content (AvgIpc) is 2.38. The number of aryl methyl sites for hydroxylation is 2. The second-order valence-electron chi connectivity index (χ2n) is 5.04. The van der Waals surface area contributed by atoms with Gasteiger partial charge in [-0.3, -0.25) is 4.79 Å². The molecule has 0 bridgehead atoms. The predicted molar refractivity (Wildman–Crippen MR) is 70.6 cm³/mol. The number of pyridine rings is 1. The fourth-order valence-electron chi connectivity index (χ4n) is 2.43. The molecule has 0 saturated carbocycles. The van der Waals surface area contributed by atoms with Gasteiger partial charge in [-0.25, -0.2) is 4.79 Å². The summed E-state index contributed by atoms with van der Waals surface area (Å²) in [6.07, 6.45) is 4.57. The van der Waals surface area contributed by atoms with Gasteiger partial charge < -0.3 is 14.4 Å². The van der Waals surface area contributed by atoms with Crippen LogP contribution in [0.2, 0.25) is 0 Å². The number of carbonyl (C=O) groups is 1. The third-order valence-electron chi connectivity index (χ3n) is 3.69. The highest BCUT2D eigenvalue weighted by atomic mass is 16.5. The number of hydrogen-bond donors (Lipinski definition) is 1. The molecule has 1 N–H and O–H groups in total. The van der Waals surface area contributed by atoms with E-state index in [2.05, 4.69) is 0 Å². The Morgan fingerprint density at radius 1 is 1.47 bits per heavy atom. The molecule has 104 valence electrons. The van der Waals surface area contributed by atoms with Crippen molar-refractivity contribution in [2.75, 3.05) is 13.2 Å². The first-order valence-corrected chi connectivity index (χ1v) is 6.60. The Balaban J connectivity index is 2.08. The van der Waals surface area contributed by atoms with Crippen molar-refractivity contribution >= 4 is 5.97 Å². The number of carboxylic acid groups (broad SMARTS) is 1. The SMILES string of the molecule is Cc1cc(=O)c(C(=O)O)cn1CCC1CCOCC1. The van der Waals surface area contributed by atoms with Crippen LogP contribution >= 0.6 is 0 Å². The van der Waals surface area contributed by atoms with Gasteiger partial charge in [0.1, 0.15) is 5.56 Å². The Hall–Kier alpha value is -1.62. The summed E-state index contributed by atoms with van der Waals surface area (Å²) >= 11 is 0.